The maximum atomic E-state index is 6.42. The highest BCUT2D eigenvalue weighted by molar-refractivity contribution is 5.18. The molecule has 0 aliphatic carbocycles. The molecule has 3 unspecified atom stereocenters. The summed E-state index contributed by atoms with van der Waals surface area (Å²) in [6, 6.07) is 10.5. The van der Waals surface area contributed by atoms with Crippen LogP contribution in [0.25, 0.3) is 0 Å². The highest BCUT2D eigenvalue weighted by Gasteiger charge is 2.27. The van der Waals surface area contributed by atoms with Crippen molar-refractivity contribution in [1.82, 2.24) is 5.32 Å². The van der Waals surface area contributed by atoms with Crippen molar-refractivity contribution in [2.75, 3.05) is 13.1 Å². The zero-order valence-corrected chi connectivity index (χ0v) is 13.5. The first-order valence-electron chi connectivity index (χ1n) is 8.25. The van der Waals surface area contributed by atoms with Gasteiger partial charge in [-0.1, -0.05) is 37.3 Å². The quantitative estimate of drug-likeness (QED) is 0.777. The van der Waals surface area contributed by atoms with E-state index < -0.39 is 0 Å². The Bertz CT molecular complexity index is 385. The molecule has 0 radical (unpaired) electrons. The van der Waals surface area contributed by atoms with E-state index in [1.54, 1.807) is 0 Å². The van der Waals surface area contributed by atoms with Crippen molar-refractivity contribution in [3.63, 3.8) is 0 Å². The monoisotopic (exact) mass is 291 g/mol. The van der Waals surface area contributed by atoms with Crippen LogP contribution in [-0.2, 0) is 9.47 Å². The Morgan fingerprint density at radius 3 is 2.48 bits per heavy atom. The molecule has 3 atom stereocenters. The molecule has 1 aliphatic heterocycles. The standard InChI is InChI=1S/C18H29NO2/c1-4-10-19-13-18(16-8-6-5-7-9-16)21-17-11-14(2)20-15(3)12-17/h5-9,14-15,17-19H,4,10-13H2,1-3H3. The van der Waals surface area contributed by atoms with Gasteiger partial charge in [0.2, 0.25) is 0 Å². The molecule has 0 amide bonds. The SMILES string of the molecule is CCCNCC(OC1CC(C)OC(C)C1)c1ccccc1. The number of benzene rings is 1. The Labute approximate surface area is 129 Å². The molecule has 1 fully saturated rings. The molecule has 2 rings (SSSR count). The molecular weight excluding hydrogens is 262 g/mol. The van der Waals surface area contributed by atoms with E-state index in [9.17, 15) is 0 Å². The van der Waals surface area contributed by atoms with E-state index in [0.717, 1.165) is 32.4 Å². The van der Waals surface area contributed by atoms with Gasteiger partial charge in [-0.25, -0.2) is 0 Å². The van der Waals surface area contributed by atoms with Gasteiger partial charge in [0.15, 0.2) is 0 Å². The summed E-state index contributed by atoms with van der Waals surface area (Å²) in [6.07, 6.45) is 4.12. The molecule has 1 aliphatic rings. The molecule has 0 spiro atoms. The molecule has 0 aromatic heterocycles. The number of nitrogens with one attached hydrogen (secondary N) is 1. The van der Waals surface area contributed by atoms with E-state index in [4.69, 9.17) is 9.47 Å². The van der Waals surface area contributed by atoms with Crippen LogP contribution in [0.1, 0.15) is 51.7 Å². The van der Waals surface area contributed by atoms with E-state index in [1.807, 2.05) is 0 Å². The Kier molecular flexibility index (Phi) is 6.68. The van der Waals surface area contributed by atoms with Crippen LogP contribution in [0.15, 0.2) is 30.3 Å². The summed E-state index contributed by atoms with van der Waals surface area (Å²) in [4.78, 5) is 0. The maximum absolute atomic E-state index is 6.42. The number of hydrogen-bond acceptors (Lipinski definition) is 3. The molecule has 1 aromatic carbocycles. The van der Waals surface area contributed by atoms with Gasteiger partial charge in [0.1, 0.15) is 0 Å². The predicted octanol–water partition coefficient (Wildman–Crippen LogP) is 3.70. The molecule has 21 heavy (non-hydrogen) atoms. The van der Waals surface area contributed by atoms with Crippen molar-refractivity contribution in [3.8, 4) is 0 Å². The van der Waals surface area contributed by atoms with Crippen LogP contribution < -0.4 is 5.32 Å². The second-order valence-electron chi connectivity index (χ2n) is 6.09. The molecule has 1 N–H and O–H groups in total. The van der Waals surface area contributed by atoms with Crippen LogP contribution in [0, 0.1) is 0 Å². The highest BCUT2D eigenvalue weighted by Crippen LogP contribution is 2.27. The van der Waals surface area contributed by atoms with Gasteiger partial charge in [-0.15, -0.1) is 0 Å². The van der Waals surface area contributed by atoms with Gasteiger partial charge in [0, 0.05) is 6.54 Å². The third kappa shape index (κ3) is 5.42. The summed E-state index contributed by atoms with van der Waals surface area (Å²) >= 11 is 0. The van der Waals surface area contributed by atoms with Gasteiger partial charge in [-0.05, 0) is 45.2 Å². The Morgan fingerprint density at radius 2 is 1.86 bits per heavy atom. The molecule has 3 heteroatoms. The first kappa shape index (κ1) is 16.5. The first-order chi connectivity index (χ1) is 10.2. The average molecular weight is 291 g/mol. The second-order valence-corrected chi connectivity index (χ2v) is 6.09. The van der Waals surface area contributed by atoms with Gasteiger partial charge < -0.3 is 14.8 Å². The van der Waals surface area contributed by atoms with Crippen molar-refractivity contribution in [1.29, 1.82) is 0 Å². The van der Waals surface area contributed by atoms with E-state index in [-0.39, 0.29) is 12.2 Å². The minimum absolute atomic E-state index is 0.125. The van der Waals surface area contributed by atoms with E-state index in [1.165, 1.54) is 5.56 Å². The Morgan fingerprint density at radius 1 is 1.19 bits per heavy atom. The van der Waals surface area contributed by atoms with Gasteiger partial charge in [-0.3, -0.25) is 0 Å². The number of hydrogen-bond donors (Lipinski definition) is 1. The van der Waals surface area contributed by atoms with Crippen LogP contribution in [0.4, 0.5) is 0 Å². The lowest BCUT2D eigenvalue weighted by Crippen LogP contribution is -2.36. The van der Waals surface area contributed by atoms with Crippen LogP contribution in [0.2, 0.25) is 0 Å². The van der Waals surface area contributed by atoms with Crippen LogP contribution in [-0.4, -0.2) is 31.4 Å². The normalized spacial score (nSPS) is 27.5. The molecule has 1 saturated heterocycles. The lowest BCUT2D eigenvalue weighted by atomic mass is 10.0. The molecular formula is C18H29NO2. The topological polar surface area (TPSA) is 30.5 Å². The van der Waals surface area contributed by atoms with Crippen LogP contribution in [0.3, 0.4) is 0 Å². The van der Waals surface area contributed by atoms with Crippen molar-refractivity contribution in [2.45, 2.75) is 64.4 Å². The van der Waals surface area contributed by atoms with Gasteiger partial charge in [0.05, 0.1) is 24.4 Å². The van der Waals surface area contributed by atoms with E-state index in [0.29, 0.717) is 12.2 Å². The molecule has 118 valence electrons. The summed E-state index contributed by atoms with van der Waals surface area (Å²) in [5.74, 6) is 0. The summed E-state index contributed by atoms with van der Waals surface area (Å²) in [7, 11) is 0. The van der Waals surface area contributed by atoms with E-state index in [2.05, 4.69) is 56.4 Å². The molecule has 3 nitrogen and oxygen atoms in total. The number of rotatable bonds is 7. The van der Waals surface area contributed by atoms with Gasteiger partial charge >= 0.3 is 0 Å². The smallest absolute Gasteiger partial charge is 0.0953 e. The fourth-order valence-electron chi connectivity index (χ4n) is 3.01. The summed E-state index contributed by atoms with van der Waals surface area (Å²) in [6.45, 7) is 8.37. The highest BCUT2D eigenvalue weighted by atomic mass is 16.5. The first-order valence-corrected chi connectivity index (χ1v) is 8.25. The third-order valence-corrected chi connectivity index (χ3v) is 3.94. The largest absolute Gasteiger partial charge is 0.375 e. The fraction of sp³-hybridized carbons (Fsp3) is 0.667. The lowest BCUT2D eigenvalue weighted by molar-refractivity contribution is -0.122. The zero-order valence-electron chi connectivity index (χ0n) is 13.5. The van der Waals surface area contributed by atoms with Crippen LogP contribution >= 0.6 is 0 Å². The zero-order chi connectivity index (χ0) is 15.1. The maximum Gasteiger partial charge on any atom is 0.0953 e. The third-order valence-electron chi connectivity index (χ3n) is 3.94. The van der Waals surface area contributed by atoms with Crippen LogP contribution in [0.5, 0.6) is 0 Å². The van der Waals surface area contributed by atoms with Crippen molar-refractivity contribution < 1.29 is 9.47 Å². The average Bonchev–Trinajstić information content (AvgIpc) is 2.46. The van der Waals surface area contributed by atoms with Gasteiger partial charge in [0.25, 0.3) is 0 Å². The van der Waals surface area contributed by atoms with Gasteiger partial charge in [-0.2, -0.15) is 0 Å². The van der Waals surface area contributed by atoms with E-state index >= 15 is 0 Å². The second kappa shape index (κ2) is 8.52. The Hall–Kier alpha value is -0.900. The van der Waals surface area contributed by atoms with Crippen molar-refractivity contribution in [3.05, 3.63) is 35.9 Å². The Balaban J connectivity index is 1.98. The summed E-state index contributed by atoms with van der Waals surface area (Å²) < 4.78 is 12.2. The number of ether oxygens (including phenoxy) is 2. The molecule has 0 bridgehead atoms. The van der Waals surface area contributed by atoms with Crippen molar-refractivity contribution in [2.24, 2.45) is 0 Å². The minimum atomic E-state index is 0.125. The fourth-order valence-corrected chi connectivity index (χ4v) is 3.01. The predicted molar refractivity (Wildman–Crippen MR) is 86.5 cm³/mol. The lowest BCUT2D eigenvalue weighted by Gasteiger charge is -2.34. The summed E-state index contributed by atoms with van der Waals surface area (Å²) in [5, 5.41) is 3.49. The summed E-state index contributed by atoms with van der Waals surface area (Å²) in [5.41, 5.74) is 1.26. The molecule has 1 aromatic rings. The molecule has 1 heterocycles. The minimum Gasteiger partial charge on any atom is -0.375 e. The molecule has 0 saturated carbocycles. The van der Waals surface area contributed by atoms with Crippen molar-refractivity contribution >= 4 is 0 Å².